The molecule has 0 bridgehead atoms. The van der Waals surface area contributed by atoms with Crippen molar-refractivity contribution in [3.05, 3.63) is 51.5 Å². The van der Waals surface area contributed by atoms with Gasteiger partial charge < -0.3 is 30.1 Å². The molecule has 1 atom stereocenters. The van der Waals surface area contributed by atoms with Gasteiger partial charge in [0, 0.05) is 49.2 Å². The van der Waals surface area contributed by atoms with Crippen molar-refractivity contribution in [3.63, 3.8) is 0 Å². The van der Waals surface area contributed by atoms with Gasteiger partial charge in [-0.05, 0) is 27.7 Å². The van der Waals surface area contributed by atoms with E-state index < -0.39 is 34.3 Å². The number of allylic oxidation sites excluding steroid dienone is 4. The molecule has 1 aromatic heterocycles. The molecule has 0 fully saturated rings. The van der Waals surface area contributed by atoms with Crippen LogP contribution < -0.4 is 15.4 Å². The van der Waals surface area contributed by atoms with Crippen LogP contribution in [0.15, 0.2) is 27.6 Å². The van der Waals surface area contributed by atoms with Crippen LogP contribution in [0.3, 0.4) is 0 Å². The average Bonchev–Trinajstić information content (AvgIpc) is 3.46. The number of phenols is 2. The Bertz CT molecular complexity index is 1500. The van der Waals surface area contributed by atoms with Gasteiger partial charge in [-0.2, -0.15) is 4.98 Å². The van der Waals surface area contributed by atoms with Gasteiger partial charge in [0.25, 0.3) is 0 Å². The van der Waals surface area contributed by atoms with Crippen LogP contribution in [0, 0.1) is 6.92 Å². The van der Waals surface area contributed by atoms with Gasteiger partial charge in [0.1, 0.15) is 34.0 Å². The number of hydrogen-bond acceptors (Lipinski definition) is 11. The minimum Gasteiger partial charge on any atom is -0.507 e. The number of hydrogen-bond donors (Lipinski definition) is 4. The van der Waals surface area contributed by atoms with Crippen LogP contribution in [0.2, 0.25) is 0 Å². The molecule has 1 aliphatic heterocycles. The summed E-state index contributed by atoms with van der Waals surface area (Å²) in [7, 11) is 0. The zero-order valence-electron chi connectivity index (χ0n) is 23.2. The maximum Gasteiger partial charge on any atom is 0.228 e. The van der Waals surface area contributed by atoms with E-state index in [9.17, 15) is 29.4 Å². The van der Waals surface area contributed by atoms with Gasteiger partial charge in [-0.25, -0.2) is 0 Å². The van der Waals surface area contributed by atoms with Crippen molar-refractivity contribution >= 4 is 23.3 Å². The highest BCUT2D eigenvalue weighted by molar-refractivity contribution is 6.31. The number of phenolic OH excluding ortho intramolecular Hbond substituents is 2. The molecule has 2 heterocycles. The van der Waals surface area contributed by atoms with Crippen molar-refractivity contribution in [2.24, 2.45) is 0 Å². The quantitative estimate of drug-likeness (QED) is 0.204. The lowest BCUT2D eigenvalue weighted by Crippen LogP contribution is -2.41. The van der Waals surface area contributed by atoms with Gasteiger partial charge in [0.15, 0.2) is 23.2 Å². The molecule has 0 saturated carbocycles. The third kappa shape index (κ3) is 4.74. The van der Waals surface area contributed by atoms with Crippen molar-refractivity contribution in [2.75, 3.05) is 13.1 Å². The fourth-order valence-electron chi connectivity index (χ4n) is 4.82. The second kappa shape index (κ2) is 10.6. The molecule has 0 saturated heterocycles. The van der Waals surface area contributed by atoms with Crippen LogP contribution in [-0.4, -0.2) is 56.7 Å². The number of benzene rings is 1. The number of aromatic nitrogens is 2. The smallest absolute Gasteiger partial charge is 0.228 e. The molecule has 2 aliphatic rings. The number of nitrogens with one attached hydrogen (secondary N) is 2. The highest BCUT2D eigenvalue weighted by atomic mass is 16.5. The summed E-state index contributed by atoms with van der Waals surface area (Å²) in [4.78, 5) is 55.6. The van der Waals surface area contributed by atoms with Crippen LogP contribution in [0.25, 0.3) is 0 Å². The van der Waals surface area contributed by atoms with E-state index in [0.717, 1.165) is 6.08 Å². The zero-order chi connectivity index (χ0) is 29.5. The largest absolute Gasteiger partial charge is 0.507 e. The first kappa shape index (κ1) is 28.5. The molecule has 1 aromatic carbocycles. The SMILES string of the molecule is CC(=O)c1c(O)c(C)c(O)c2c1OC1=CC(=O)C(=C(C)NCCC(=O)NCCc3nc(C(C)C)no3)C(=O)C12C. The van der Waals surface area contributed by atoms with Crippen LogP contribution in [0.1, 0.15) is 80.2 Å². The number of carbonyl (C=O) groups is 4. The third-order valence-corrected chi connectivity index (χ3v) is 7.16. The Morgan fingerprint density at radius 1 is 1.10 bits per heavy atom. The normalized spacial score (nSPS) is 19.1. The van der Waals surface area contributed by atoms with E-state index in [1.807, 2.05) is 13.8 Å². The molecule has 40 heavy (non-hydrogen) atoms. The minimum atomic E-state index is -1.60. The highest BCUT2D eigenvalue weighted by Gasteiger charge is 2.56. The summed E-state index contributed by atoms with van der Waals surface area (Å²) in [5.41, 5.74) is -1.64. The maximum atomic E-state index is 13.8. The lowest BCUT2D eigenvalue weighted by molar-refractivity contribution is -0.124. The number of amides is 1. The van der Waals surface area contributed by atoms with Crippen molar-refractivity contribution in [2.45, 2.75) is 65.7 Å². The van der Waals surface area contributed by atoms with Gasteiger partial charge in [-0.1, -0.05) is 19.0 Å². The molecule has 1 aliphatic carbocycles. The zero-order valence-corrected chi connectivity index (χ0v) is 23.2. The molecular weight excluding hydrogens is 520 g/mol. The van der Waals surface area contributed by atoms with Gasteiger partial charge in [-0.15, -0.1) is 0 Å². The van der Waals surface area contributed by atoms with E-state index >= 15 is 0 Å². The fraction of sp³-hybridized carbons (Fsp3) is 0.429. The predicted octanol–water partition coefficient (Wildman–Crippen LogP) is 2.41. The molecule has 1 unspecified atom stereocenters. The van der Waals surface area contributed by atoms with Gasteiger partial charge in [0.05, 0.1) is 11.1 Å². The Morgan fingerprint density at radius 2 is 1.80 bits per heavy atom. The van der Waals surface area contributed by atoms with Gasteiger partial charge in [-0.3, -0.25) is 19.2 Å². The van der Waals surface area contributed by atoms with Gasteiger partial charge in [0.2, 0.25) is 11.8 Å². The Kier molecular flexibility index (Phi) is 7.55. The van der Waals surface area contributed by atoms with Crippen molar-refractivity contribution < 1.29 is 38.7 Å². The molecular formula is C28H32N4O8. The number of fused-ring (bicyclic) bond motifs is 3. The molecule has 2 aromatic rings. The molecule has 12 nitrogen and oxygen atoms in total. The Labute approximate surface area is 230 Å². The van der Waals surface area contributed by atoms with Crippen molar-refractivity contribution in [1.82, 2.24) is 20.8 Å². The summed E-state index contributed by atoms with van der Waals surface area (Å²) in [6.07, 6.45) is 1.60. The maximum absolute atomic E-state index is 13.8. The predicted molar refractivity (Wildman–Crippen MR) is 141 cm³/mol. The Balaban J connectivity index is 1.47. The summed E-state index contributed by atoms with van der Waals surface area (Å²) < 4.78 is 10.9. The minimum absolute atomic E-state index is 0.0168. The van der Waals surface area contributed by atoms with E-state index in [-0.39, 0.29) is 64.3 Å². The first-order valence-electron chi connectivity index (χ1n) is 12.9. The van der Waals surface area contributed by atoms with Crippen molar-refractivity contribution in [3.8, 4) is 17.2 Å². The number of ether oxygens (including phenoxy) is 1. The number of carbonyl (C=O) groups excluding carboxylic acids is 4. The topological polar surface area (TPSA) is 181 Å². The number of rotatable bonds is 9. The first-order chi connectivity index (χ1) is 18.8. The first-order valence-corrected chi connectivity index (χ1v) is 12.9. The van der Waals surface area contributed by atoms with Crippen LogP contribution in [-0.2, 0) is 26.2 Å². The second-order valence-corrected chi connectivity index (χ2v) is 10.4. The van der Waals surface area contributed by atoms with Crippen LogP contribution in [0.4, 0.5) is 0 Å². The van der Waals surface area contributed by atoms with E-state index in [4.69, 9.17) is 9.26 Å². The highest BCUT2D eigenvalue weighted by Crippen LogP contribution is 2.57. The lowest BCUT2D eigenvalue weighted by atomic mass is 9.70. The molecule has 4 rings (SSSR count). The number of aromatic hydroxyl groups is 2. The Hall–Kier alpha value is -4.48. The Morgan fingerprint density at radius 3 is 2.42 bits per heavy atom. The summed E-state index contributed by atoms with van der Waals surface area (Å²) in [5.74, 6) is -1.89. The molecule has 212 valence electrons. The van der Waals surface area contributed by atoms with E-state index in [0.29, 0.717) is 24.7 Å². The summed E-state index contributed by atoms with van der Waals surface area (Å²) in [5, 5.41) is 31.0. The van der Waals surface area contributed by atoms with E-state index in [2.05, 4.69) is 20.8 Å². The summed E-state index contributed by atoms with van der Waals surface area (Å²) in [6, 6.07) is 0. The molecule has 0 radical (unpaired) electrons. The molecule has 12 heteroatoms. The number of ketones is 3. The summed E-state index contributed by atoms with van der Waals surface area (Å²) in [6.45, 7) is 10.0. The standard InChI is InChI=1S/C28H32N4O8/c1-12(2)27-31-19(40-32-27)8-10-30-18(35)7-9-29-14(4)20-16(34)11-17-28(6,26(20)38)22-24(37)13(3)23(36)21(15(5)33)25(22)39-17/h11-12,29,36-37H,7-10H2,1-6H3,(H,30,35). The number of Topliss-reactive ketones (excluding diaryl/α,β-unsaturated/α-hetero) is 2. The van der Waals surface area contributed by atoms with Crippen LogP contribution >= 0.6 is 0 Å². The molecule has 4 N–H and O–H groups in total. The van der Waals surface area contributed by atoms with Crippen LogP contribution in [0.5, 0.6) is 17.2 Å². The number of nitrogens with zero attached hydrogens (tertiary/aromatic N) is 2. The van der Waals surface area contributed by atoms with Crippen molar-refractivity contribution in [1.29, 1.82) is 0 Å². The third-order valence-electron chi connectivity index (χ3n) is 7.16. The van der Waals surface area contributed by atoms with Gasteiger partial charge >= 0.3 is 0 Å². The second-order valence-electron chi connectivity index (χ2n) is 10.4. The fourth-order valence-corrected chi connectivity index (χ4v) is 4.82. The van der Waals surface area contributed by atoms with E-state index in [1.165, 1.54) is 20.8 Å². The monoisotopic (exact) mass is 552 g/mol. The van der Waals surface area contributed by atoms with E-state index in [1.54, 1.807) is 6.92 Å². The summed E-state index contributed by atoms with van der Waals surface area (Å²) >= 11 is 0. The molecule has 0 spiro atoms. The average molecular weight is 553 g/mol. The molecule has 1 amide bonds. The lowest BCUT2D eigenvalue weighted by Gasteiger charge is -2.29.